The molecule has 7 nitrogen and oxygen atoms in total. The topological polar surface area (TPSA) is 63.5 Å². The van der Waals surface area contributed by atoms with Crippen molar-refractivity contribution in [3.05, 3.63) is 24.3 Å². The van der Waals surface area contributed by atoms with Gasteiger partial charge in [0.2, 0.25) is 5.91 Å². The predicted octanol–water partition coefficient (Wildman–Crippen LogP) is 2.14. The second-order valence-electron chi connectivity index (χ2n) is 6.62. The van der Waals surface area contributed by atoms with Gasteiger partial charge in [-0.05, 0) is 25.6 Å². The van der Waals surface area contributed by atoms with E-state index in [0.29, 0.717) is 0 Å². The van der Waals surface area contributed by atoms with Gasteiger partial charge in [-0.1, -0.05) is 30.8 Å². The van der Waals surface area contributed by atoms with Gasteiger partial charge in [-0.25, -0.2) is 0 Å². The Hall–Kier alpha value is -2.06. The van der Waals surface area contributed by atoms with E-state index in [1.165, 1.54) is 11.8 Å². The quantitative estimate of drug-likeness (QED) is 0.706. The average molecular weight is 390 g/mol. The molecule has 1 saturated heterocycles. The molecule has 0 bridgehead atoms. The minimum Gasteiger partial charge on any atom is -0.497 e. The Morgan fingerprint density at radius 3 is 2.67 bits per heavy atom. The van der Waals surface area contributed by atoms with Crippen molar-refractivity contribution in [2.45, 2.75) is 24.3 Å². The van der Waals surface area contributed by atoms with Crippen molar-refractivity contribution in [3.63, 3.8) is 0 Å². The fraction of sp³-hybridized carbons (Fsp3) is 0.526. The Labute approximate surface area is 164 Å². The highest BCUT2D eigenvalue weighted by Gasteiger charge is 2.26. The molecule has 1 atom stereocenters. The van der Waals surface area contributed by atoms with Crippen LogP contribution in [-0.4, -0.2) is 75.6 Å². The molecule has 2 aromatic rings. The summed E-state index contributed by atoms with van der Waals surface area (Å²) >= 11 is 1.46. The van der Waals surface area contributed by atoms with Gasteiger partial charge in [-0.2, -0.15) is 0 Å². The van der Waals surface area contributed by atoms with Gasteiger partial charge in [-0.15, -0.1) is 10.2 Å². The molecule has 0 aliphatic carbocycles. The van der Waals surface area contributed by atoms with Crippen LogP contribution in [0.4, 0.5) is 0 Å². The molecule has 27 heavy (non-hydrogen) atoms. The van der Waals surface area contributed by atoms with E-state index in [1.807, 2.05) is 47.7 Å². The summed E-state index contributed by atoms with van der Waals surface area (Å²) in [5.41, 5.74) is 0.936. The Balaban J connectivity index is 1.67. The summed E-state index contributed by atoms with van der Waals surface area (Å²) < 4.78 is 7.21. The number of hydrogen-bond acceptors (Lipinski definition) is 6. The van der Waals surface area contributed by atoms with Crippen LogP contribution < -0.4 is 4.74 Å². The number of carbonyl (C=O) groups is 1. The van der Waals surface area contributed by atoms with Gasteiger partial charge < -0.3 is 19.1 Å². The number of benzene rings is 1. The molecule has 0 saturated carbocycles. The van der Waals surface area contributed by atoms with Crippen molar-refractivity contribution in [2.75, 3.05) is 39.8 Å². The molecule has 0 radical (unpaired) electrons. The van der Waals surface area contributed by atoms with Crippen LogP contribution >= 0.6 is 11.8 Å². The fourth-order valence-corrected chi connectivity index (χ4v) is 4.08. The lowest BCUT2D eigenvalue weighted by Crippen LogP contribution is -2.50. The van der Waals surface area contributed by atoms with Crippen molar-refractivity contribution in [1.82, 2.24) is 24.6 Å². The van der Waals surface area contributed by atoms with Crippen molar-refractivity contribution < 1.29 is 9.53 Å². The smallest absolute Gasteiger partial charge is 0.235 e. The molecule has 1 fully saturated rings. The number of piperazine rings is 1. The van der Waals surface area contributed by atoms with Gasteiger partial charge in [-0.3, -0.25) is 4.79 Å². The highest BCUT2D eigenvalue weighted by Crippen LogP contribution is 2.28. The number of nitrogens with zero attached hydrogens (tertiary/aromatic N) is 5. The van der Waals surface area contributed by atoms with Gasteiger partial charge in [0.1, 0.15) is 5.75 Å². The van der Waals surface area contributed by atoms with Crippen molar-refractivity contribution >= 4 is 17.7 Å². The molecule has 0 N–H and O–H groups in total. The SMILES string of the molecule is CCN1CCN(C(=O)C(C)Sc2nnc(-c3cccc(OC)c3)n2C)CC1. The van der Waals surface area contributed by atoms with E-state index >= 15 is 0 Å². The fourth-order valence-electron chi connectivity index (χ4n) is 3.18. The van der Waals surface area contributed by atoms with E-state index in [-0.39, 0.29) is 11.2 Å². The summed E-state index contributed by atoms with van der Waals surface area (Å²) in [6.45, 7) is 8.63. The zero-order valence-electron chi connectivity index (χ0n) is 16.4. The maximum atomic E-state index is 12.8. The van der Waals surface area contributed by atoms with Gasteiger partial charge in [0, 0.05) is 38.8 Å². The normalized spacial score (nSPS) is 16.4. The van der Waals surface area contributed by atoms with E-state index in [4.69, 9.17) is 4.74 Å². The first-order chi connectivity index (χ1) is 13.0. The molecule has 1 aromatic heterocycles. The number of amides is 1. The van der Waals surface area contributed by atoms with Crippen LogP contribution in [0.5, 0.6) is 5.75 Å². The highest BCUT2D eigenvalue weighted by atomic mass is 32.2. The lowest BCUT2D eigenvalue weighted by Gasteiger charge is -2.35. The first-order valence-corrected chi connectivity index (χ1v) is 10.1. The average Bonchev–Trinajstić information content (AvgIpc) is 3.07. The lowest BCUT2D eigenvalue weighted by molar-refractivity contribution is -0.132. The highest BCUT2D eigenvalue weighted by molar-refractivity contribution is 8.00. The van der Waals surface area contributed by atoms with Crippen LogP contribution in [0.25, 0.3) is 11.4 Å². The Kier molecular flexibility index (Phi) is 6.38. The number of rotatable bonds is 6. The summed E-state index contributed by atoms with van der Waals surface area (Å²) in [5.74, 6) is 1.70. The van der Waals surface area contributed by atoms with Crippen molar-refractivity contribution in [1.29, 1.82) is 0 Å². The third-order valence-corrected chi connectivity index (χ3v) is 6.05. The first-order valence-electron chi connectivity index (χ1n) is 9.25. The van der Waals surface area contributed by atoms with Crippen LogP contribution in [0.1, 0.15) is 13.8 Å². The number of methoxy groups -OCH3 is 1. The Bertz CT molecular complexity index is 786. The summed E-state index contributed by atoms with van der Waals surface area (Å²) in [5, 5.41) is 9.15. The molecule has 1 unspecified atom stereocenters. The van der Waals surface area contributed by atoms with E-state index in [1.54, 1.807) is 7.11 Å². The summed E-state index contributed by atoms with van der Waals surface area (Å²) in [4.78, 5) is 17.1. The Morgan fingerprint density at radius 2 is 2.00 bits per heavy atom. The van der Waals surface area contributed by atoms with E-state index in [0.717, 1.165) is 55.0 Å². The van der Waals surface area contributed by atoms with Crippen molar-refractivity contribution in [2.24, 2.45) is 7.05 Å². The predicted molar refractivity (Wildman–Crippen MR) is 107 cm³/mol. The molecular formula is C19H27N5O2S. The molecule has 1 aromatic carbocycles. The van der Waals surface area contributed by atoms with E-state index < -0.39 is 0 Å². The summed E-state index contributed by atoms with van der Waals surface area (Å²) in [6.07, 6.45) is 0. The molecule has 146 valence electrons. The minimum absolute atomic E-state index is 0.168. The molecule has 1 amide bonds. The van der Waals surface area contributed by atoms with Gasteiger partial charge in [0.05, 0.1) is 12.4 Å². The van der Waals surface area contributed by atoms with Gasteiger partial charge in [0.25, 0.3) is 0 Å². The third kappa shape index (κ3) is 4.44. The second kappa shape index (κ2) is 8.75. The maximum Gasteiger partial charge on any atom is 0.235 e. The zero-order chi connectivity index (χ0) is 19.4. The molecule has 3 rings (SSSR count). The number of thioether (sulfide) groups is 1. The number of likely N-dealkylation sites (N-methyl/N-ethyl adjacent to an activating group) is 1. The lowest BCUT2D eigenvalue weighted by atomic mass is 10.2. The van der Waals surface area contributed by atoms with Crippen LogP contribution in [0.3, 0.4) is 0 Å². The van der Waals surface area contributed by atoms with Crippen LogP contribution in [0, 0.1) is 0 Å². The standard InChI is InChI=1S/C19H27N5O2S/c1-5-23-9-11-24(12-10-23)18(25)14(2)27-19-21-20-17(22(19)3)15-7-6-8-16(13-15)26-4/h6-8,13-14H,5,9-12H2,1-4H3. The first kappa shape index (κ1) is 19.7. The van der Waals surface area contributed by atoms with Crippen LogP contribution in [-0.2, 0) is 11.8 Å². The van der Waals surface area contributed by atoms with E-state index in [2.05, 4.69) is 22.0 Å². The summed E-state index contributed by atoms with van der Waals surface area (Å²) in [6, 6.07) is 7.73. The second-order valence-corrected chi connectivity index (χ2v) is 7.92. The van der Waals surface area contributed by atoms with Crippen LogP contribution in [0.2, 0.25) is 0 Å². The Morgan fingerprint density at radius 1 is 1.26 bits per heavy atom. The van der Waals surface area contributed by atoms with Gasteiger partial charge in [0.15, 0.2) is 11.0 Å². The summed E-state index contributed by atoms with van der Waals surface area (Å²) in [7, 11) is 3.57. The zero-order valence-corrected chi connectivity index (χ0v) is 17.2. The molecule has 1 aliphatic rings. The molecule has 8 heteroatoms. The molecule has 1 aliphatic heterocycles. The molecule has 0 spiro atoms. The number of aromatic nitrogens is 3. The van der Waals surface area contributed by atoms with Crippen LogP contribution in [0.15, 0.2) is 29.4 Å². The molecular weight excluding hydrogens is 362 g/mol. The minimum atomic E-state index is -0.195. The maximum absolute atomic E-state index is 12.8. The number of hydrogen-bond donors (Lipinski definition) is 0. The molecule has 2 heterocycles. The monoisotopic (exact) mass is 389 g/mol. The number of ether oxygens (including phenoxy) is 1. The third-order valence-electron chi connectivity index (χ3n) is 4.92. The van der Waals surface area contributed by atoms with Gasteiger partial charge >= 0.3 is 0 Å². The van der Waals surface area contributed by atoms with E-state index in [9.17, 15) is 4.79 Å². The van der Waals surface area contributed by atoms with Crippen molar-refractivity contribution in [3.8, 4) is 17.1 Å². The number of carbonyl (C=O) groups excluding carboxylic acids is 1. The largest absolute Gasteiger partial charge is 0.497 e.